The Morgan fingerprint density at radius 1 is 1.47 bits per heavy atom. The average molecular weight is 279 g/mol. The number of nitrogens with one attached hydrogen (secondary N) is 2. The number of aromatic amines is 1. The van der Waals surface area contributed by atoms with Crippen LogP contribution in [0.25, 0.3) is 0 Å². The predicted octanol–water partition coefficient (Wildman–Crippen LogP) is -0.735. The van der Waals surface area contributed by atoms with Crippen LogP contribution in [0.4, 0.5) is 0 Å². The van der Waals surface area contributed by atoms with E-state index in [0.29, 0.717) is 12.8 Å². The van der Waals surface area contributed by atoms with Gasteiger partial charge in [-0.25, -0.2) is 21.6 Å². The minimum atomic E-state index is -3.67. The molecule has 1 aromatic heterocycles. The van der Waals surface area contributed by atoms with Crippen LogP contribution >= 0.6 is 0 Å². The third-order valence-electron chi connectivity index (χ3n) is 2.57. The van der Waals surface area contributed by atoms with E-state index in [1.54, 1.807) is 0 Å². The van der Waals surface area contributed by atoms with Crippen molar-refractivity contribution in [3.63, 3.8) is 0 Å². The van der Waals surface area contributed by atoms with Crippen LogP contribution in [0.5, 0.6) is 0 Å². The minimum absolute atomic E-state index is 0.0143. The molecular weight excluding hydrogens is 266 g/mol. The zero-order valence-corrected chi connectivity index (χ0v) is 10.6. The van der Waals surface area contributed by atoms with Crippen molar-refractivity contribution >= 4 is 19.9 Å². The smallest absolute Gasteiger partial charge is 0.243 e. The second kappa shape index (κ2) is 4.39. The Morgan fingerprint density at radius 2 is 2.24 bits per heavy atom. The summed E-state index contributed by atoms with van der Waals surface area (Å²) in [7, 11) is -6.80. The Bertz CT molecular complexity index is 576. The van der Waals surface area contributed by atoms with Gasteiger partial charge in [-0.1, -0.05) is 0 Å². The number of sulfonamides is 1. The number of rotatable bonds is 3. The summed E-state index contributed by atoms with van der Waals surface area (Å²) in [4.78, 5) is 0.0143. The van der Waals surface area contributed by atoms with E-state index in [1.165, 1.54) is 12.4 Å². The Labute approximate surface area is 99.6 Å². The van der Waals surface area contributed by atoms with Gasteiger partial charge in [-0.2, -0.15) is 5.10 Å². The van der Waals surface area contributed by atoms with E-state index in [2.05, 4.69) is 14.9 Å². The van der Waals surface area contributed by atoms with Gasteiger partial charge < -0.3 is 0 Å². The lowest BCUT2D eigenvalue weighted by Gasteiger charge is -2.22. The van der Waals surface area contributed by atoms with Crippen LogP contribution < -0.4 is 4.72 Å². The third kappa shape index (κ3) is 3.05. The fraction of sp³-hybridized carbons (Fsp3) is 0.625. The van der Waals surface area contributed by atoms with E-state index >= 15 is 0 Å². The van der Waals surface area contributed by atoms with E-state index in [9.17, 15) is 16.8 Å². The maximum atomic E-state index is 11.8. The second-order valence-corrected chi connectivity index (χ2v) is 7.95. The summed E-state index contributed by atoms with van der Waals surface area (Å²) in [6.07, 6.45) is 3.45. The topological polar surface area (TPSA) is 109 Å². The summed E-state index contributed by atoms with van der Waals surface area (Å²) in [6.45, 7) is 0. The molecule has 0 spiro atoms. The van der Waals surface area contributed by atoms with Crippen molar-refractivity contribution in [1.82, 2.24) is 14.9 Å². The summed E-state index contributed by atoms with van der Waals surface area (Å²) in [5, 5.41) is 5.95. The molecule has 1 atom stereocenters. The van der Waals surface area contributed by atoms with Gasteiger partial charge in [0.15, 0.2) is 9.84 Å². The maximum absolute atomic E-state index is 11.8. The van der Waals surface area contributed by atoms with Crippen molar-refractivity contribution in [2.24, 2.45) is 0 Å². The van der Waals surface area contributed by atoms with Crippen LogP contribution in [0.15, 0.2) is 17.3 Å². The monoisotopic (exact) mass is 279 g/mol. The number of aromatic nitrogens is 2. The lowest BCUT2D eigenvalue weighted by molar-refractivity contribution is 0.517. The Kier molecular flexibility index (Phi) is 3.23. The highest BCUT2D eigenvalue weighted by Crippen LogP contribution is 2.15. The summed E-state index contributed by atoms with van der Waals surface area (Å²) in [6, 6.07) is -0.548. The van der Waals surface area contributed by atoms with Gasteiger partial charge >= 0.3 is 0 Å². The van der Waals surface area contributed by atoms with Gasteiger partial charge in [-0.15, -0.1) is 0 Å². The second-order valence-electron chi connectivity index (χ2n) is 4.01. The highest BCUT2D eigenvalue weighted by molar-refractivity contribution is 7.91. The number of sulfone groups is 1. The molecule has 7 nitrogen and oxygen atoms in total. The first-order valence-corrected chi connectivity index (χ1v) is 8.41. The van der Waals surface area contributed by atoms with Crippen molar-refractivity contribution < 1.29 is 16.8 Å². The molecule has 1 aliphatic rings. The van der Waals surface area contributed by atoms with Gasteiger partial charge in [0.1, 0.15) is 4.90 Å². The normalized spacial score (nSPS) is 24.6. The highest BCUT2D eigenvalue weighted by Gasteiger charge is 2.28. The molecule has 0 radical (unpaired) electrons. The van der Waals surface area contributed by atoms with Gasteiger partial charge in [-0.05, 0) is 12.8 Å². The molecule has 96 valence electrons. The zero-order chi connectivity index (χ0) is 12.5. The standard InChI is InChI=1S/C8H13N3O4S2/c12-16(13)3-1-2-7(6-16)11-17(14,15)8-4-9-10-5-8/h4-5,7,11H,1-3,6H2,(H,9,10). The highest BCUT2D eigenvalue weighted by atomic mass is 32.2. The first-order valence-electron chi connectivity index (χ1n) is 5.11. The van der Waals surface area contributed by atoms with E-state index in [-0.39, 0.29) is 16.4 Å². The molecule has 2 heterocycles. The number of nitrogens with zero attached hydrogens (tertiary/aromatic N) is 1. The molecule has 1 fully saturated rings. The van der Waals surface area contributed by atoms with Crippen LogP contribution in [0.1, 0.15) is 12.8 Å². The van der Waals surface area contributed by atoms with E-state index < -0.39 is 25.9 Å². The van der Waals surface area contributed by atoms with E-state index in [1.807, 2.05) is 0 Å². The lowest BCUT2D eigenvalue weighted by Crippen LogP contribution is -2.43. The first-order chi connectivity index (χ1) is 7.89. The number of hydrogen-bond donors (Lipinski definition) is 2. The molecule has 2 N–H and O–H groups in total. The average Bonchev–Trinajstić information content (AvgIpc) is 2.67. The molecule has 2 rings (SSSR count). The molecule has 0 aromatic carbocycles. The van der Waals surface area contributed by atoms with Gasteiger partial charge in [0.25, 0.3) is 0 Å². The van der Waals surface area contributed by atoms with Crippen LogP contribution in [0.2, 0.25) is 0 Å². The summed E-state index contributed by atoms with van der Waals surface area (Å²) < 4.78 is 48.8. The summed E-state index contributed by atoms with van der Waals surface area (Å²) in [5.41, 5.74) is 0. The molecule has 1 saturated heterocycles. The minimum Gasteiger partial charge on any atom is -0.284 e. The Balaban J connectivity index is 2.12. The van der Waals surface area contributed by atoms with Crippen LogP contribution in [-0.2, 0) is 19.9 Å². The van der Waals surface area contributed by atoms with Gasteiger partial charge in [0.05, 0.1) is 17.7 Å². The van der Waals surface area contributed by atoms with Crippen molar-refractivity contribution in [2.45, 2.75) is 23.8 Å². The molecule has 9 heteroatoms. The third-order valence-corrected chi connectivity index (χ3v) is 5.88. The van der Waals surface area contributed by atoms with Gasteiger partial charge in [0, 0.05) is 12.2 Å². The zero-order valence-electron chi connectivity index (χ0n) is 8.96. The lowest BCUT2D eigenvalue weighted by atomic mass is 10.2. The molecule has 1 unspecified atom stereocenters. The fourth-order valence-corrected chi connectivity index (χ4v) is 4.71. The summed E-state index contributed by atoms with van der Waals surface area (Å²) in [5.74, 6) is 0.00101. The molecule has 0 bridgehead atoms. The molecule has 1 aliphatic heterocycles. The van der Waals surface area contributed by atoms with E-state index in [4.69, 9.17) is 0 Å². The predicted molar refractivity (Wildman–Crippen MR) is 60.6 cm³/mol. The van der Waals surface area contributed by atoms with Crippen molar-refractivity contribution in [3.05, 3.63) is 12.4 Å². The Morgan fingerprint density at radius 3 is 2.82 bits per heavy atom. The van der Waals surface area contributed by atoms with Crippen LogP contribution in [0, 0.1) is 0 Å². The molecule has 17 heavy (non-hydrogen) atoms. The fourth-order valence-electron chi connectivity index (χ4n) is 1.79. The summed E-state index contributed by atoms with van der Waals surface area (Å²) >= 11 is 0. The molecule has 1 aromatic rings. The van der Waals surface area contributed by atoms with Crippen LogP contribution in [0.3, 0.4) is 0 Å². The SMILES string of the molecule is O=S1(=O)CCCC(NS(=O)(=O)c2cn[nH]c2)C1. The molecular formula is C8H13N3O4S2. The largest absolute Gasteiger partial charge is 0.284 e. The maximum Gasteiger partial charge on any atom is 0.243 e. The van der Waals surface area contributed by atoms with Gasteiger partial charge in [0.2, 0.25) is 10.0 Å². The molecule has 0 aliphatic carbocycles. The van der Waals surface area contributed by atoms with Crippen molar-refractivity contribution in [3.8, 4) is 0 Å². The number of hydrogen-bond acceptors (Lipinski definition) is 5. The first kappa shape index (κ1) is 12.5. The van der Waals surface area contributed by atoms with E-state index in [0.717, 1.165) is 0 Å². The van der Waals surface area contributed by atoms with Crippen molar-refractivity contribution in [1.29, 1.82) is 0 Å². The number of H-pyrrole nitrogens is 1. The van der Waals surface area contributed by atoms with Crippen LogP contribution in [-0.4, -0.2) is 44.6 Å². The van der Waals surface area contributed by atoms with Gasteiger partial charge in [-0.3, -0.25) is 5.10 Å². The molecule has 0 saturated carbocycles. The Hall–Kier alpha value is -0.930. The molecule has 0 amide bonds. The van der Waals surface area contributed by atoms with Crippen molar-refractivity contribution in [2.75, 3.05) is 11.5 Å². The quantitative estimate of drug-likeness (QED) is 0.758.